The summed E-state index contributed by atoms with van der Waals surface area (Å²) in [7, 11) is 0. The van der Waals surface area contributed by atoms with Gasteiger partial charge < -0.3 is 25.8 Å². The molecule has 7 heteroatoms. The van der Waals surface area contributed by atoms with Crippen molar-refractivity contribution in [1.82, 2.24) is 16.0 Å². The van der Waals surface area contributed by atoms with Gasteiger partial charge >= 0.3 is 6.03 Å². The third kappa shape index (κ3) is 6.48. The lowest BCUT2D eigenvalue weighted by Gasteiger charge is -2.16. The van der Waals surface area contributed by atoms with Crippen LogP contribution in [0.4, 0.5) is 4.79 Å². The van der Waals surface area contributed by atoms with Gasteiger partial charge in [0.25, 0.3) is 0 Å². The highest BCUT2D eigenvalue weighted by molar-refractivity contribution is 5.73. The smallest absolute Gasteiger partial charge is 0.317 e. The Kier molecular flexibility index (Phi) is 6.74. The highest BCUT2D eigenvalue weighted by Gasteiger charge is 2.07. The quantitative estimate of drug-likeness (QED) is 0.318. The van der Waals surface area contributed by atoms with Gasteiger partial charge in [0.05, 0.1) is 0 Å². The largest absolute Gasteiger partial charge is 0.508 e. The van der Waals surface area contributed by atoms with E-state index >= 15 is 0 Å². The Labute approximate surface area is 117 Å². The van der Waals surface area contributed by atoms with Crippen LogP contribution in [0, 0.1) is 0 Å². The summed E-state index contributed by atoms with van der Waals surface area (Å²) in [5, 5.41) is 16.9. The van der Waals surface area contributed by atoms with Crippen LogP contribution in [0.5, 0.6) is 11.5 Å². The summed E-state index contributed by atoms with van der Waals surface area (Å²) in [4.78, 5) is 21.5. The first-order chi connectivity index (χ1) is 9.61. The Hall–Kier alpha value is -2.44. The fourth-order valence-electron chi connectivity index (χ4n) is 1.45. The van der Waals surface area contributed by atoms with Crippen LogP contribution in [0.2, 0.25) is 0 Å². The molecule has 0 fully saturated rings. The van der Waals surface area contributed by atoms with E-state index in [1.54, 1.807) is 19.1 Å². The van der Waals surface area contributed by atoms with Gasteiger partial charge in [-0.3, -0.25) is 4.79 Å². The van der Waals surface area contributed by atoms with Gasteiger partial charge in [-0.15, -0.1) is 0 Å². The average molecular weight is 281 g/mol. The second-order valence-electron chi connectivity index (χ2n) is 4.08. The van der Waals surface area contributed by atoms with E-state index in [0.717, 1.165) is 0 Å². The van der Waals surface area contributed by atoms with E-state index in [-0.39, 0.29) is 11.8 Å². The molecule has 20 heavy (non-hydrogen) atoms. The van der Waals surface area contributed by atoms with Crippen LogP contribution in [0.3, 0.4) is 0 Å². The zero-order valence-corrected chi connectivity index (χ0v) is 11.3. The first-order valence-electron chi connectivity index (χ1n) is 6.29. The molecule has 0 aromatic heterocycles. The Balaban J connectivity index is 2.20. The van der Waals surface area contributed by atoms with Crippen LogP contribution >= 0.6 is 0 Å². The lowest BCUT2D eigenvalue weighted by Crippen LogP contribution is -2.43. The maximum absolute atomic E-state index is 11.5. The first-order valence-corrected chi connectivity index (χ1v) is 6.29. The molecule has 7 nitrogen and oxygen atoms in total. The van der Waals surface area contributed by atoms with Gasteiger partial charge in [-0.1, -0.05) is 0 Å². The number of carbonyl (C=O) groups is 2. The fraction of sp³-hybridized carbons (Fsp3) is 0.385. The maximum atomic E-state index is 11.5. The molecule has 0 heterocycles. The van der Waals surface area contributed by atoms with Crippen LogP contribution in [-0.4, -0.2) is 36.9 Å². The number of amides is 3. The van der Waals surface area contributed by atoms with E-state index in [0.29, 0.717) is 31.7 Å². The van der Waals surface area contributed by atoms with Gasteiger partial charge in [0, 0.05) is 13.1 Å². The molecule has 0 aliphatic carbocycles. The van der Waals surface area contributed by atoms with Crippen LogP contribution in [0.1, 0.15) is 13.3 Å². The van der Waals surface area contributed by atoms with Crippen molar-refractivity contribution in [3.8, 4) is 11.5 Å². The van der Waals surface area contributed by atoms with Gasteiger partial charge in [0.2, 0.25) is 6.41 Å². The SMILES string of the molecule is CC(NC(=O)NCCCNC=O)Oc1ccc(O)cc1. The number of nitrogens with one attached hydrogen (secondary N) is 3. The van der Waals surface area contributed by atoms with Crippen LogP contribution in [-0.2, 0) is 4.79 Å². The van der Waals surface area contributed by atoms with Gasteiger partial charge in [-0.2, -0.15) is 0 Å². The highest BCUT2D eigenvalue weighted by Crippen LogP contribution is 2.16. The summed E-state index contributed by atoms with van der Waals surface area (Å²) < 4.78 is 5.44. The topological polar surface area (TPSA) is 99.7 Å². The molecule has 0 saturated heterocycles. The molecule has 1 unspecified atom stereocenters. The normalized spacial score (nSPS) is 11.2. The Morgan fingerprint density at radius 1 is 1.35 bits per heavy atom. The number of carbonyl (C=O) groups excluding carboxylic acids is 2. The molecule has 0 bridgehead atoms. The minimum absolute atomic E-state index is 0.152. The summed E-state index contributed by atoms with van der Waals surface area (Å²) in [6, 6.07) is 5.87. The standard InChI is InChI=1S/C13H19N3O4/c1-10(20-12-5-3-11(18)4-6-12)16-13(19)15-8-2-7-14-9-17/h3-6,9-10,18H,2,7-8H2,1H3,(H,14,17)(H2,15,16,19). The number of ether oxygens (including phenoxy) is 1. The molecule has 1 rings (SSSR count). The Morgan fingerprint density at radius 3 is 2.70 bits per heavy atom. The lowest BCUT2D eigenvalue weighted by atomic mass is 10.3. The molecule has 3 amide bonds. The van der Waals surface area contributed by atoms with Crippen molar-refractivity contribution < 1.29 is 19.4 Å². The van der Waals surface area contributed by atoms with Gasteiger partial charge in [0.15, 0.2) is 6.23 Å². The van der Waals surface area contributed by atoms with Crippen molar-refractivity contribution in [2.75, 3.05) is 13.1 Å². The number of rotatable bonds is 8. The van der Waals surface area contributed by atoms with Crippen LogP contribution in [0.25, 0.3) is 0 Å². The van der Waals surface area contributed by atoms with E-state index in [1.165, 1.54) is 12.1 Å². The van der Waals surface area contributed by atoms with Crippen molar-refractivity contribution in [2.45, 2.75) is 19.6 Å². The number of hydrogen-bond acceptors (Lipinski definition) is 4. The van der Waals surface area contributed by atoms with Crippen LogP contribution < -0.4 is 20.7 Å². The maximum Gasteiger partial charge on any atom is 0.317 e. The van der Waals surface area contributed by atoms with Crippen LogP contribution in [0.15, 0.2) is 24.3 Å². The van der Waals surface area contributed by atoms with Crippen molar-refractivity contribution in [3.05, 3.63) is 24.3 Å². The van der Waals surface area contributed by atoms with E-state index in [4.69, 9.17) is 9.84 Å². The van der Waals surface area contributed by atoms with E-state index < -0.39 is 6.23 Å². The molecule has 0 saturated carbocycles. The third-order valence-corrected chi connectivity index (χ3v) is 2.35. The monoisotopic (exact) mass is 281 g/mol. The predicted molar refractivity (Wildman–Crippen MR) is 73.4 cm³/mol. The van der Waals surface area contributed by atoms with Crippen molar-refractivity contribution in [2.24, 2.45) is 0 Å². The second-order valence-corrected chi connectivity index (χ2v) is 4.08. The molecule has 0 aliphatic heterocycles. The molecule has 1 aromatic carbocycles. The summed E-state index contributed by atoms with van der Waals surface area (Å²) in [5.41, 5.74) is 0. The summed E-state index contributed by atoms with van der Waals surface area (Å²) >= 11 is 0. The number of phenolic OH excluding ortho intramolecular Hbond substituents is 1. The van der Waals surface area contributed by atoms with Gasteiger partial charge in [-0.25, -0.2) is 4.79 Å². The minimum atomic E-state index is -0.507. The predicted octanol–water partition coefficient (Wildman–Crippen LogP) is 0.552. The first kappa shape index (κ1) is 15.6. The summed E-state index contributed by atoms with van der Waals surface area (Å²) in [5.74, 6) is 0.699. The number of benzene rings is 1. The molecule has 4 N–H and O–H groups in total. The molecule has 110 valence electrons. The number of phenols is 1. The number of aromatic hydroxyl groups is 1. The minimum Gasteiger partial charge on any atom is -0.508 e. The van der Waals surface area contributed by atoms with Gasteiger partial charge in [-0.05, 0) is 37.6 Å². The molecular formula is C13H19N3O4. The number of urea groups is 1. The van der Waals surface area contributed by atoms with E-state index in [2.05, 4.69) is 16.0 Å². The molecule has 0 radical (unpaired) electrons. The molecule has 1 aromatic rings. The lowest BCUT2D eigenvalue weighted by molar-refractivity contribution is -0.109. The number of hydrogen-bond donors (Lipinski definition) is 4. The average Bonchev–Trinajstić information content (AvgIpc) is 2.41. The summed E-state index contributed by atoms with van der Waals surface area (Å²) in [6.45, 7) is 2.67. The highest BCUT2D eigenvalue weighted by atomic mass is 16.5. The zero-order chi connectivity index (χ0) is 14.8. The molecular weight excluding hydrogens is 262 g/mol. The van der Waals surface area contributed by atoms with Crippen molar-refractivity contribution >= 4 is 12.4 Å². The summed E-state index contributed by atoms with van der Waals surface area (Å²) in [6.07, 6.45) is 0.764. The molecule has 0 aliphatic rings. The molecule has 1 atom stereocenters. The van der Waals surface area contributed by atoms with Crippen molar-refractivity contribution in [3.63, 3.8) is 0 Å². The van der Waals surface area contributed by atoms with E-state index in [9.17, 15) is 9.59 Å². The fourth-order valence-corrected chi connectivity index (χ4v) is 1.45. The zero-order valence-electron chi connectivity index (χ0n) is 11.3. The third-order valence-electron chi connectivity index (χ3n) is 2.35. The second kappa shape index (κ2) is 8.63. The van der Waals surface area contributed by atoms with Crippen molar-refractivity contribution in [1.29, 1.82) is 0 Å². The van der Waals surface area contributed by atoms with Gasteiger partial charge in [0.1, 0.15) is 11.5 Å². The molecule has 0 spiro atoms. The van der Waals surface area contributed by atoms with E-state index in [1.807, 2.05) is 0 Å². The Bertz CT molecular complexity index is 422. The Morgan fingerprint density at radius 2 is 2.05 bits per heavy atom.